The fourth-order valence-corrected chi connectivity index (χ4v) is 2.36. The zero-order valence-corrected chi connectivity index (χ0v) is 14.1. The number of aromatic nitrogens is 2. The second kappa shape index (κ2) is 5.93. The molecule has 1 amide bonds. The van der Waals surface area contributed by atoms with Crippen molar-refractivity contribution < 1.29 is 4.79 Å². The molecular weight excluding hydrogens is 388 g/mol. The van der Waals surface area contributed by atoms with Gasteiger partial charge in [0.2, 0.25) is 0 Å². The lowest BCUT2D eigenvalue weighted by Crippen LogP contribution is -2.26. The van der Waals surface area contributed by atoms with Gasteiger partial charge in [-0.05, 0) is 41.1 Å². The Labute approximate surface area is 139 Å². The summed E-state index contributed by atoms with van der Waals surface area (Å²) in [6.07, 6.45) is 1.70. The Hall–Kier alpha value is -0.750. The van der Waals surface area contributed by atoms with Crippen molar-refractivity contribution in [3.8, 4) is 5.69 Å². The first-order valence-corrected chi connectivity index (χ1v) is 7.40. The Morgan fingerprint density at radius 3 is 2.65 bits per heavy atom. The van der Waals surface area contributed by atoms with Crippen LogP contribution in [0.3, 0.4) is 0 Å². The maximum atomic E-state index is 11.6. The van der Waals surface area contributed by atoms with Crippen LogP contribution in [-0.4, -0.2) is 19.3 Å². The van der Waals surface area contributed by atoms with Gasteiger partial charge >= 0.3 is 0 Å². The molecule has 8 heteroatoms. The monoisotopic (exact) mass is 395 g/mol. The molecular formula is C12H9BrCl3N3O. The van der Waals surface area contributed by atoms with Crippen LogP contribution in [0.1, 0.15) is 5.82 Å². The van der Waals surface area contributed by atoms with Gasteiger partial charge < -0.3 is 5.32 Å². The second-order valence-electron chi connectivity index (χ2n) is 3.97. The molecule has 106 valence electrons. The molecule has 0 aliphatic carbocycles. The van der Waals surface area contributed by atoms with E-state index in [0.29, 0.717) is 5.69 Å². The van der Waals surface area contributed by atoms with E-state index in [1.807, 2.05) is 17.6 Å². The van der Waals surface area contributed by atoms with Crippen LogP contribution < -0.4 is 5.32 Å². The molecule has 0 bridgehead atoms. The maximum absolute atomic E-state index is 11.6. The summed E-state index contributed by atoms with van der Waals surface area (Å²) in [6, 6.07) is 7.13. The number of alkyl halides is 3. The van der Waals surface area contributed by atoms with Gasteiger partial charge in [-0.15, -0.1) is 0 Å². The van der Waals surface area contributed by atoms with Crippen LogP contribution in [0.4, 0.5) is 5.69 Å². The number of nitrogens with zero attached hydrogens (tertiary/aromatic N) is 2. The van der Waals surface area contributed by atoms with E-state index in [1.54, 1.807) is 24.4 Å². The van der Waals surface area contributed by atoms with Gasteiger partial charge in [0.15, 0.2) is 0 Å². The van der Waals surface area contributed by atoms with Gasteiger partial charge in [-0.25, -0.2) is 4.98 Å². The number of halogens is 4. The topological polar surface area (TPSA) is 46.9 Å². The molecule has 0 radical (unpaired) electrons. The molecule has 0 saturated heterocycles. The number of carbonyl (C=O) groups is 1. The highest BCUT2D eigenvalue weighted by atomic mass is 79.9. The average Bonchev–Trinajstić information content (AvgIpc) is 2.68. The van der Waals surface area contributed by atoms with Crippen LogP contribution in [0, 0.1) is 6.92 Å². The van der Waals surface area contributed by atoms with Gasteiger partial charge in [0.25, 0.3) is 9.70 Å². The summed E-state index contributed by atoms with van der Waals surface area (Å²) in [5.41, 5.74) is 1.35. The third-order valence-electron chi connectivity index (χ3n) is 2.51. The fraction of sp³-hybridized carbons (Fsp3) is 0.167. The third-order valence-corrected chi connectivity index (χ3v) is 3.59. The Bertz CT molecular complexity index is 632. The third kappa shape index (κ3) is 3.47. The largest absolute Gasteiger partial charge is 0.322 e. The van der Waals surface area contributed by atoms with Crippen molar-refractivity contribution in [2.45, 2.75) is 10.7 Å². The van der Waals surface area contributed by atoms with Crippen LogP contribution >= 0.6 is 50.7 Å². The molecule has 2 aromatic rings. The van der Waals surface area contributed by atoms with Crippen molar-refractivity contribution in [1.29, 1.82) is 0 Å². The first-order valence-electron chi connectivity index (χ1n) is 5.47. The van der Waals surface area contributed by atoms with E-state index < -0.39 is 9.70 Å². The molecule has 2 rings (SSSR count). The summed E-state index contributed by atoms with van der Waals surface area (Å²) in [6.45, 7) is 1.87. The maximum Gasteiger partial charge on any atom is 0.276 e. The van der Waals surface area contributed by atoms with Gasteiger partial charge in [-0.2, -0.15) is 0 Å². The number of anilines is 1. The summed E-state index contributed by atoms with van der Waals surface area (Å²) in [5.74, 6) is 0.0998. The summed E-state index contributed by atoms with van der Waals surface area (Å²) in [4.78, 5) is 15.8. The summed E-state index contributed by atoms with van der Waals surface area (Å²) >= 11 is 20.0. The smallest absolute Gasteiger partial charge is 0.276 e. The van der Waals surface area contributed by atoms with Crippen molar-refractivity contribution >= 4 is 62.3 Å². The highest BCUT2D eigenvalue weighted by Crippen LogP contribution is 2.28. The molecule has 4 nitrogen and oxygen atoms in total. The van der Waals surface area contributed by atoms with Crippen molar-refractivity contribution in [3.63, 3.8) is 0 Å². The standard InChI is InChI=1S/C12H9BrCl3N3O/c1-7-17-6-10(13)19(7)9-4-2-3-8(5-9)18-11(20)12(14,15)16/h2-6H,1H3,(H,18,20). The van der Waals surface area contributed by atoms with Crippen molar-refractivity contribution in [2.75, 3.05) is 5.32 Å². The summed E-state index contributed by atoms with van der Waals surface area (Å²) in [7, 11) is 0. The van der Waals surface area contributed by atoms with E-state index in [9.17, 15) is 4.79 Å². The van der Waals surface area contributed by atoms with Gasteiger partial charge in [0.1, 0.15) is 10.4 Å². The minimum atomic E-state index is -2.00. The van der Waals surface area contributed by atoms with Crippen molar-refractivity contribution in [2.24, 2.45) is 0 Å². The molecule has 1 aromatic heterocycles. The molecule has 1 N–H and O–H groups in total. The van der Waals surface area contributed by atoms with Crippen LogP contribution in [0.2, 0.25) is 0 Å². The highest BCUT2D eigenvalue weighted by Gasteiger charge is 2.30. The first kappa shape index (κ1) is 15.6. The summed E-state index contributed by atoms with van der Waals surface area (Å²) < 4.78 is 0.687. The lowest BCUT2D eigenvalue weighted by molar-refractivity contribution is -0.115. The second-order valence-corrected chi connectivity index (χ2v) is 7.06. The summed E-state index contributed by atoms with van der Waals surface area (Å²) in [5, 5.41) is 2.54. The Balaban J connectivity index is 2.32. The predicted molar refractivity (Wildman–Crippen MR) is 84.9 cm³/mol. The van der Waals surface area contributed by atoms with E-state index in [-0.39, 0.29) is 0 Å². The fourth-order valence-electron chi connectivity index (χ4n) is 1.65. The van der Waals surface area contributed by atoms with Gasteiger partial charge in [-0.3, -0.25) is 9.36 Å². The highest BCUT2D eigenvalue weighted by molar-refractivity contribution is 9.10. The van der Waals surface area contributed by atoms with Gasteiger partial charge in [0, 0.05) is 11.4 Å². The Morgan fingerprint density at radius 1 is 1.40 bits per heavy atom. The molecule has 1 aromatic carbocycles. The van der Waals surface area contributed by atoms with Crippen LogP contribution in [-0.2, 0) is 4.79 Å². The number of aryl methyl sites for hydroxylation is 1. The molecule has 0 atom stereocenters. The average molecular weight is 397 g/mol. The number of carbonyl (C=O) groups excluding carboxylic acids is 1. The predicted octanol–water partition coefficient (Wildman–Crippen LogP) is 4.25. The lowest BCUT2D eigenvalue weighted by atomic mass is 10.2. The quantitative estimate of drug-likeness (QED) is 0.770. The number of rotatable bonds is 2. The first-order chi connectivity index (χ1) is 9.29. The molecule has 0 unspecified atom stereocenters. The Morgan fingerprint density at radius 2 is 2.10 bits per heavy atom. The SMILES string of the molecule is Cc1ncc(Br)n1-c1cccc(NC(=O)C(Cl)(Cl)Cl)c1. The number of benzene rings is 1. The molecule has 0 saturated carbocycles. The number of hydrogen-bond donors (Lipinski definition) is 1. The zero-order chi connectivity index (χ0) is 14.9. The molecule has 1 heterocycles. The van der Waals surface area contributed by atoms with E-state index >= 15 is 0 Å². The number of amides is 1. The van der Waals surface area contributed by atoms with Gasteiger partial charge in [-0.1, -0.05) is 40.9 Å². The van der Waals surface area contributed by atoms with Gasteiger partial charge in [0.05, 0.1) is 6.20 Å². The number of hydrogen-bond acceptors (Lipinski definition) is 2. The molecule has 0 aliphatic rings. The van der Waals surface area contributed by atoms with Crippen LogP contribution in [0.5, 0.6) is 0 Å². The normalized spacial score (nSPS) is 11.4. The minimum Gasteiger partial charge on any atom is -0.322 e. The number of imidazole rings is 1. The van der Waals surface area contributed by atoms with Crippen molar-refractivity contribution in [3.05, 3.63) is 40.9 Å². The molecule has 0 aliphatic heterocycles. The van der Waals surface area contributed by atoms with Crippen LogP contribution in [0.15, 0.2) is 35.1 Å². The number of nitrogens with one attached hydrogen (secondary N) is 1. The Kier molecular flexibility index (Phi) is 4.64. The van der Waals surface area contributed by atoms with Crippen molar-refractivity contribution in [1.82, 2.24) is 9.55 Å². The van der Waals surface area contributed by atoms with Crippen LogP contribution in [0.25, 0.3) is 5.69 Å². The molecule has 20 heavy (non-hydrogen) atoms. The zero-order valence-electron chi connectivity index (χ0n) is 10.2. The van der Waals surface area contributed by atoms with E-state index in [1.165, 1.54) is 0 Å². The lowest BCUT2D eigenvalue weighted by Gasteiger charge is -2.13. The van der Waals surface area contributed by atoms with E-state index in [4.69, 9.17) is 34.8 Å². The van der Waals surface area contributed by atoms with E-state index in [0.717, 1.165) is 16.1 Å². The molecule has 0 fully saturated rings. The minimum absolute atomic E-state index is 0.527. The molecule has 0 spiro atoms. The van der Waals surface area contributed by atoms with E-state index in [2.05, 4.69) is 26.2 Å².